The summed E-state index contributed by atoms with van der Waals surface area (Å²) in [4.78, 5) is 27.3. The minimum atomic E-state index is -0.0553. The van der Waals surface area contributed by atoms with Gasteiger partial charge < -0.3 is 4.90 Å². The number of benzene rings is 1. The number of fused-ring (bicyclic) bond motifs is 4. The third kappa shape index (κ3) is 2.90. The highest BCUT2D eigenvalue weighted by Crippen LogP contribution is 2.27. The fraction of sp³-hybridized carbons (Fsp3) is 0.286. The van der Waals surface area contributed by atoms with Crippen LogP contribution < -0.4 is 10.5 Å². The predicted octanol–water partition coefficient (Wildman–Crippen LogP) is 1.91. The van der Waals surface area contributed by atoms with Crippen LogP contribution in [0.4, 0.5) is 5.82 Å². The summed E-state index contributed by atoms with van der Waals surface area (Å²) in [5, 5.41) is 12.6. The SMILES string of the molecule is Cn1c(=O)c2ccccc2n2c(CN3CCN(c4ncnc5sccc45)CC3)nnc12. The van der Waals surface area contributed by atoms with Gasteiger partial charge in [-0.2, -0.15) is 0 Å². The Bertz CT molecular complexity index is 1480. The number of hydrogen-bond donors (Lipinski definition) is 0. The first-order valence-electron chi connectivity index (χ1n) is 10.2. The number of rotatable bonds is 3. The molecule has 0 N–H and O–H groups in total. The molecule has 0 saturated carbocycles. The van der Waals surface area contributed by atoms with Crippen molar-refractivity contribution in [3.05, 3.63) is 58.2 Å². The van der Waals surface area contributed by atoms with E-state index < -0.39 is 0 Å². The lowest BCUT2D eigenvalue weighted by Gasteiger charge is -2.35. The minimum Gasteiger partial charge on any atom is -0.353 e. The number of thiophene rings is 1. The molecule has 5 heterocycles. The van der Waals surface area contributed by atoms with Gasteiger partial charge in [-0.1, -0.05) is 12.1 Å². The third-order valence-electron chi connectivity index (χ3n) is 5.97. The third-order valence-corrected chi connectivity index (χ3v) is 6.79. The minimum absolute atomic E-state index is 0.0553. The molecular weight excluding hydrogens is 412 g/mol. The molecule has 0 bridgehead atoms. The summed E-state index contributed by atoms with van der Waals surface area (Å²) in [7, 11) is 1.74. The van der Waals surface area contributed by atoms with E-state index in [4.69, 9.17) is 0 Å². The first-order chi connectivity index (χ1) is 15.2. The second kappa shape index (κ2) is 7.10. The molecule has 5 aromatic rings. The van der Waals surface area contributed by atoms with Gasteiger partial charge in [0, 0.05) is 33.2 Å². The van der Waals surface area contributed by atoms with Gasteiger partial charge in [0.05, 0.1) is 22.8 Å². The molecule has 1 aliphatic rings. The van der Waals surface area contributed by atoms with Gasteiger partial charge in [-0.3, -0.25) is 18.7 Å². The molecule has 0 aliphatic carbocycles. The monoisotopic (exact) mass is 432 g/mol. The van der Waals surface area contributed by atoms with Crippen LogP contribution >= 0.6 is 11.3 Å². The van der Waals surface area contributed by atoms with Crippen LogP contribution in [0.1, 0.15) is 5.82 Å². The zero-order valence-corrected chi connectivity index (χ0v) is 17.8. The molecule has 9 nitrogen and oxygen atoms in total. The lowest BCUT2D eigenvalue weighted by atomic mass is 10.2. The summed E-state index contributed by atoms with van der Waals surface area (Å²) in [5.74, 6) is 2.43. The summed E-state index contributed by atoms with van der Waals surface area (Å²) in [5.41, 5.74) is 0.792. The summed E-state index contributed by atoms with van der Waals surface area (Å²) >= 11 is 1.64. The second-order valence-corrected chi connectivity index (χ2v) is 8.63. The Morgan fingerprint density at radius 3 is 2.71 bits per heavy atom. The van der Waals surface area contributed by atoms with E-state index in [0.717, 1.165) is 53.6 Å². The van der Waals surface area contributed by atoms with Gasteiger partial charge in [-0.15, -0.1) is 21.5 Å². The van der Waals surface area contributed by atoms with E-state index in [1.165, 1.54) is 0 Å². The lowest BCUT2D eigenvalue weighted by molar-refractivity contribution is 0.243. The van der Waals surface area contributed by atoms with Gasteiger partial charge in [0.2, 0.25) is 5.78 Å². The van der Waals surface area contributed by atoms with Crippen molar-refractivity contribution in [2.45, 2.75) is 6.54 Å². The van der Waals surface area contributed by atoms with Gasteiger partial charge in [-0.05, 0) is 23.6 Å². The summed E-state index contributed by atoms with van der Waals surface area (Å²) in [6, 6.07) is 9.73. The van der Waals surface area contributed by atoms with Crippen molar-refractivity contribution >= 4 is 44.1 Å². The molecule has 10 heteroatoms. The van der Waals surface area contributed by atoms with Gasteiger partial charge in [-0.25, -0.2) is 9.97 Å². The molecule has 1 saturated heterocycles. The van der Waals surface area contributed by atoms with E-state index >= 15 is 0 Å². The maximum absolute atomic E-state index is 12.6. The van der Waals surface area contributed by atoms with Crippen molar-refractivity contribution in [1.29, 1.82) is 0 Å². The van der Waals surface area contributed by atoms with E-state index in [2.05, 4.69) is 41.4 Å². The highest BCUT2D eigenvalue weighted by Gasteiger charge is 2.22. The summed E-state index contributed by atoms with van der Waals surface area (Å²) in [6.45, 7) is 4.24. The quantitative estimate of drug-likeness (QED) is 0.431. The normalized spacial score (nSPS) is 15.5. The number of anilines is 1. The largest absolute Gasteiger partial charge is 0.353 e. The maximum atomic E-state index is 12.6. The molecule has 0 atom stereocenters. The Labute approximate surface area is 181 Å². The van der Waals surface area contributed by atoms with Gasteiger partial charge >= 0.3 is 0 Å². The van der Waals surface area contributed by atoms with Crippen LogP contribution in [0.3, 0.4) is 0 Å². The Kier molecular flexibility index (Phi) is 4.22. The van der Waals surface area contributed by atoms with E-state index in [1.54, 1.807) is 29.3 Å². The van der Waals surface area contributed by atoms with E-state index in [-0.39, 0.29) is 5.56 Å². The molecule has 31 heavy (non-hydrogen) atoms. The standard InChI is InChI=1S/C21H20N8OS/c1-26-20(30)14-4-2-3-5-16(14)29-17(24-25-21(26)29)12-27-7-9-28(10-8-27)18-15-6-11-31-19(15)23-13-22-18/h2-6,11,13H,7-10,12H2,1H3. The van der Waals surface area contributed by atoms with E-state index in [0.29, 0.717) is 17.7 Å². The van der Waals surface area contributed by atoms with Crippen LogP contribution in [0.15, 0.2) is 46.8 Å². The zero-order chi connectivity index (χ0) is 20.9. The Morgan fingerprint density at radius 1 is 1.00 bits per heavy atom. The summed E-state index contributed by atoms with van der Waals surface area (Å²) < 4.78 is 3.57. The Morgan fingerprint density at radius 2 is 1.84 bits per heavy atom. The van der Waals surface area contributed by atoms with Crippen LogP contribution in [0, 0.1) is 0 Å². The van der Waals surface area contributed by atoms with Crippen LogP contribution in [0.5, 0.6) is 0 Å². The van der Waals surface area contributed by atoms with E-state index in [1.807, 2.05) is 28.7 Å². The first kappa shape index (κ1) is 18.4. The molecule has 0 radical (unpaired) electrons. The molecule has 0 unspecified atom stereocenters. The smallest absolute Gasteiger partial charge is 0.262 e. The fourth-order valence-electron chi connectivity index (χ4n) is 4.34. The molecule has 1 fully saturated rings. The highest BCUT2D eigenvalue weighted by atomic mass is 32.1. The molecular formula is C21H20N8OS. The highest BCUT2D eigenvalue weighted by molar-refractivity contribution is 7.16. The number of hydrogen-bond acceptors (Lipinski definition) is 8. The number of nitrogens with zero attached hydrogens (tertiary/aromatic N) is 8. The lowest BCUT2D eigenvalue weighted by Crippen LogP contribution is -2.46. The molecule has 1 aromatic carbocycles. The second-order valence-electron chi connectivity index (χ2n) is 7.73. The number of para-hydroxylation sites is 1. The average molecular weight is 433 g/mol. The number of aryl methyl sites for hydroxylation is 1. The number of aromatic nitrogens is 6. The van der Waals surface area contributed by atoms with Crippen molar-refractivity contribution < 1.29 is 0 Å². The van der Waals surface area contributed by atoms with Crippen LogP contribution in [-0.2, 0) is 13.6 Å². The van der Waals surface area contributed by atoms with Crippen molar-refractivity contribution in [3.8, 4) is 0 Å². The van der Waals surface area contributed by atoms with Gasteiger partial charge in [0.1, 0.15) is 17.0 Å². The van der Waals surface area contributed by atoms with Crippen molar-refractivity contribution in [2.24, 2.45) is 7.05 Å². The van der Waals surface area contributed by atoms with E-state index in [9.17, 15) is 4.79 Å². The van der Waals surface area contributed by atoms with Crippen LogP contribution in [0.25, 0.3) is 26.9 Å². The summed E-state index contributed by atoms with van der Waals surface area (Å²) in [6.07, 6.45) is 1.65. The van der Waals surface area contributed by atoms with Crippen LogP contribution in [-0.4, -0.2) is 60.2 Å². The molecule has 1 aliphatic heterocycles. The van der Waals surface area contributed by atoms with Crippen LogP contribution in [0.2, 0.25) is 0 Å². The zero-order valence-electron chi connectivity index (χ0n) is 17.0. The average Bonchev–Trinajstić information content (AvgIpc) is 3.45. The van der Waals surface area contributed by atoms with Crippen molar-refractivity contribution in [1.82, 2.24) is 34.0 Å². The Balaban J connectivity index is 1.28. The van der Waals surface area contributed by atoms with Gasteiger partial charge in [0.25, 0.3) is 5.56 Å². The maximum Gasteiger partial charge on any atom is 0.262 e. The fourth-order valence-corrected chi connectivity index (χ4v) is 5.07. The van der Waals surface area contributed by atoms with Crippen molar-refractivity contribution in [3.63, 3.8) is 0 Å². The molecule has 156 valence electrons. The first-order valence-corrected chi connectivity index (χ1v) is 11.1. The molecule has 0 amide bonds. The molecule has 4 aromatic heterocycles. The van der Waals surface area contributed by atoms with Crippen molar-refractivity contribution in [2.75, 3.05) is 31.1 Å². The topological polar surface area (TPSA) is 84.5 Å². The Hall–Kier alpha value is -3.37. The molecule has 0 spiro atoms. The number of piperazine rings is 1. The van der Waals surface area contributed by atoms with Gasteiger partial charge in [0.15, 0.2) is 5.82 Å². The predicted molar refractivity (Wildman–Crippen MR) is 121 cm³/mol. The molecule has 6 rings (SSSR count).